The molecule has 0 fully saturated rings. The first-order chi connectivity index (χ1) is 7.29. The molecular formula is C12H13N3. The average molecular weight is 199 g/mol. The normalized spacial score (nSPS) is 9.07. The van der Waals surface area contributed by atoms with Gasteiger partial charge >= 0.3 is 0 Å². The standard InChI is InChI=1S/C12H13N.N2/c1-13(2)12-9-5-7-10-6-3-4-8-11(10)12;1-2/h3-9H,1-2H3;. The maximum Gasteiger partial charge on any atom is 0.0440 e. The number of rotatable bonds is 1. The van der Waals surface area contributed by atoms with Crippen LogP contribution >= 0.6 is 0 Å². The van der Waals surface area contributed by atoms with Crippen molar-refractivity contribution in [1.82, 2.24) is 0 Å². The largest absolute Gasteiger partial charge is 0.377 e. The van der Waals surface area contributed by atoms with Crippen molar-refractivity contribution in [2.75, 3.05) is 19.0 Å². The van der Waals surface area contributed by atoms with Crippen LogP contribution in [0.3, 0.4) is 0 Å². The van der Waals surface area contributed by atoms with Crippen LogP contribution in [0.25, 0.3) is 10.8 Å². The predicted molar refractivity (Wildman–Crippen MR) is 61.7 cm³/mol. The molecule has 0 saturated heterocycles. The Bertz CT molecular complexity index is 455. The summed E-state index contributed by atoms with van der Waals surface area (Å²) in [6.45, 7) is 0. The van der Waals surface area contributed by atoms with E-state index in [1.54, 1.807) is 0 Å². The Hall–Kier alpha value is -2.08. The lowest BCUT2D eigenvalue weighted by Gasteiger charge is -2.14. The SMILES string of the molecule is CN(C)c1cccc2ccccc12.N#N. The molecule has 0 heterocycles. The van der Waals surface area contributed by atoms with Crippen molar-refractivity contribution in [3.63, 3.8) is 0 Å². The monoisotopic (exact) mass is 199 g/mol. The van der Waals surface area contributed by atoms with Crippen molar-refractivity contribution in [2.24, 2.45) is 0 Å². The fraction of sp³-hybridized carbons (Fsp3) is 0.167. The van der Waals surface area contributed by atoms with Gasteiger partial charge in [-0.15, -0.1) is 0 Å². The van der Waals surface area contributed by atoms with E-state index >= 15 is 0 Å². The smallest absolute Gasteiger partial charge is 0.0440 e. The molecule has 0 radical (unpaired) electrons. The Morgan fingerprint density at radius 3 is 2.13 bits per heavy atom. The maximum atomic E-state index is 6.00. The topological polar surface area (TPSA) is 50.8 Å². The van der Waals surface area contributed by atoms with Crippen molar-refractivity contribution in [2.45, 2.75) is 0 Å². The average Bonchev–Trinajstić information content (AvgIpc) is 2.31. The zero-order valence-corrected chi connectivity index (χ0v) is 8.88. The van der Waals surface area contributed by atoms with Crippen LogP contribution in [0.15, 0.2) is 42.5 Å². The van der Waals surface area contributed by atoms with Crippen molar-refractivity contribution >= 4 is 16.5 Å². The molecule has 0 aliphatic rings. The fourth-order valence-corrected chi connectivity index (χ4v) is 1.60. The molecule has 0 N–H and O–H groups in total. The summed E-state index contributed by atoms with van der Waals surface area (Å²) in [4.78, 5) is 2.14. The number of hydrogen-bond donors (Lipinski definition) is 0. The van der Waals surface area contributed by atoms with Crippen molar-refractivity contribution in [3.8, 4) is 0 Å². The lowest BCUT2D eigenvalue weighted by molar-refractivity contribution is 1.14. The third-order valence-electron chi connectivity index (χ3n) is 2.25. The summed E-state index contributed by atoms with van der Waals surface area (Å²) in [5, 5.41) is 14.6. The lowest BCUT2D eigenvalue weighted by Crippen LogP contribution is -2.08. The Balaban J connectivity index is 0.000000531. The molecule has 0 aliphatic carbocycles. The second-order valence-electron chi connectivity index (χ2n) is 3.39. The molecule has 15 heavy (non-hydrogen) atoms. The van der Waals surface area contributed by atoms with Crippen LogP contribution in [0.5, 0.6) is 0 Å². The molecule has 0 atom stereocenters. The minimum absolute atomic E-state index is 1.28. The van der Waals surface area contributed by atoms with Crippen molar-refractivity contribution in [1.29, 1.82) is 10.8 Å². The summed E-state index contributed by atoms with van der Waals surface area (Å²) in [5.74, 6) is 0. The number of hydrogen-bond acceptors (Lipinski definition) is 3. The van der Waals surface area contributed by atoms with Gasteiger partial charge in [0.15, 0.2) is 0 Å². The first-order valence-electron chi connectivity index (χ1n) is 4.64. The molecule has 0 saturated carbocycles. The highest BCUT2D eigenvalue weighted by Crippen LogP contribution is 2.24. The van der Waals surface area contributed by atoms with E-state index in [1.807, 2.05) is 0 Å². The Morgan fingerprint density at radius 1 is 0.867 bits per heavy atom. The van der Waals surface area contributed by atoms with Gasteiger partial charge in [0.1, 0.15) is 0 Å². The zero-order chi connectivity index (χ0) is 11.3. The second kappa shape index (κ2) is 4.97. The fourth-order valence-electron chi connectivity index (χ4n) is 1.60. The van der Waals surface area contributed by atoms with Crippen LogP contribution < -0.4 is 4.90 Å². The summed E-state index contributed by atoms with van der Waals surface area (Å²) in [7, 11) is 4.14. The van der Waals surface area contributed by atoms with E-state index in [1.165, 1.54) is 16.5 Å². The molecule has 2 rings (SSSR count). The molecule has 3 heteroatoms. The van der Waals surface area contributed by atoms with Gasteiger partial charge in [0, 0.05) is 36.0 Å². The van der Waals surface area contributed by atoms with Gasteiger partial charge in [0.2, 0.25) is 0 Å². The Kier molecular flexibility index (Phi) is 3.64. The van der Waals surface area contributed by atoms with Crippen molar-refractivity contribution < 1.29 is 0 Å². The van der Waals surface area contributed by atoms with Crippen LogP contribution in [0.2, 0.25) is 0 Å². The Morgan fingerprint density at radius 2 is 1.47 bits per heavy atom. The predicted octanol–water partition coefficient (Wildman–Crippen LogP) is 2.94. The highest BCUT2D eigenvalue weighted by atomic mass is 15.1. The van der Waals surface area contributed by atoms with Crippen LogP contribution in [-0.4, -0.2) is 14.1 Å². The van der Waals surface area contributed by atoms with Gasteiger partial charge in [-0.2, -0.15) is 0 Å². The van der Waals surface area contributed by atoms with E-state index in [9.17, 15) is 0 Å². The van der Waals surface area contributed by atoms with Gasteiger partial charge < -0.3 is 4.90 Å². The highest BCUT2D eigenvalue weighted by molar-refractivity contribution is 5.94. The van der Waals surface area contributed by atoms with Gasteiger partial charge in [-0.05, 0) is 11.5 Å². The first kappa shape index (κ1) is 11.0. The molecule has 3 nitrogen and oxygen atoms in total. The van der Waals surface area contributed by atoms with Crippen LogP contribution in [-0.2, 0) is 0 Å². The molecule has 0 bridgehead atoms. The quantitative estimate of drug-likeness (QED) is 0.663. The van der Waals surface area contributed by atoms with E-state index in [4.69, 9.17) is 10.8 Å². The van der Waals surface area contributed by atoms with Gasteiger partial charge in [-0.1, -0.05) is 36.4 Å². The Labute approximate surface area is 89.4 Å². The first-order valence-corrected chi connectivity index (χ1v) is 4.64. The minimum Gasteiger partial charge on any atom is -0.377 e. The highest BCUT2D eigenvalue weighted by Gasteiger charge is 1.99. The van der Waals surface area contributed by atoms with Crippen molar-refractivity contribution in [3.05, 3.63) is 42.5 Å². The summed E-state index contributed by atoms with van der Waals surface area (Å²) < 4.78 is 0. The zero-order valence-electron chi connectivity index (χ0n) is 8.88. The van der Waals surface area contributed by atoms with E-state index in [0.717, 1.165) is 0 Å². The number of nitrogens with zero attached hydrogens (tertiary/aromatic N) is 3. The second-order valence-corrected chi connectivity index (χ2v) is 3.39. The number of anilines is 1. The van der Waals surface area contributed by atoms with E-state index in [-0.39, 0.29) is 0 Å². The molecule has 2 aromatic rings. The van der Waals surface area contributed by atoms with E-state index in [2.05, 4.69) is 61.5 Å². The van der Waals surface area contributed by atoms with Gasteiger partial charge in [0.25, 0.3) is 0 Å². The minimum atomic E-state index is 1.28. The summed E-state index contributed by atoms with van der Waals surface area (Å²) in [6.07, 6.45) is 0. The third-order valence-corrected chi connectivity index (χ3v) is 2.25. The molecular weight excluding hydrogens is 186 g/mol. The summed E-state index contributed by atoms with van der Waals surface area (Å²) >= 11 is 0. The summed E-state index contributed by atoms with van der Waals surface area (Å²) in [5.41, 5.74) is 1.28. The van der Waals surface area contributed by atoms with Gasteiger partial charge in [0.05, 0.1) is 0 Å². The molecule has 0 unspecified atom stereocenters. The molecule has 0 aromatic heterocycles. The molecule has 0 amide bonds. The summed E-state index contributed by atoms with van der Waals surface area (Å²) in [6, 6.07) is 14.8. The number of fused-ring (bicyclic) bond motifs is 1. The lowest BCUT2D eigenvalue weighted by atomic mass is 10.1. The molecule has 0 spiro atoms. The van der Waals surface area contributed by atoms with E-state index < -0.39 is 0 Å². The molecule has 2 aromatic carbocycles. The van der Waals surface area contributed by atoms with Crippen LogP contribution in [0.1, 0.15) is 0 Å². The van der Waals surface area contributed by atoms with Crippen LogP contribution in [0.4, 0.5) is 5.69 Å². The number of benzene rings is 2. The van der Waals surface area contributed by atoms with E-state index in [0.29, 0.717) is 0 Å². The van der Waals surface area contributed by atoms with Gasteiger partial charge in [-0.3, -0.25) is 0 Å². The molecule has 76 valence electrons. The van der Waals surface area contributed by atoms with Crippen LogP contribution in [0, 0.1) is 10.8 Å². The maximum absolute atomic E-state index is 6.00. The van der Waals surface area contributed by atoms with Gasteiger partial charge in [-0.25, -0.2) is 0 Å². The third kappa shape index (κ3) is 2.23. The molecule has 0 aliphatic heterocycles.